The standard InChI is InChI=1S/C18H26ClN3OS/c1-2-16(23)15-3-4-17(21-18(15)19)22-11-7-14(8-12-22)24-13-5-9-20-10-6-13/h3-4,13-14,20H,2,5-12H2,1H3. The quantitative estimate of drug-likeness (QED) is 0.633. The number of aromatic nitrogens is 1. The van der Waals surface area contributed by atoms with Gasteiger partial charge in [-0.15, -0.1) is 0 Å². The number of pyridine rings is 1. The van der Waals surface area contributed by atoms with Crippen molar-refractivity contribution in [2.45, 2.75) is 49.5 Å². The molecule has 0 aromatic carbocycles. The summed E-state index contributed by atoms with van der Waals surface area (Å²) in [7, 11) is 0. The van der Waals surface area contributed by atoms with Crippen LogP contribution in [0, 0.1) is 0 Å². The van der Waals surface area contributed by atoms with Gasteiger partial charge >= 0.3 is 0 Å². The molecule has 1 aromatic rings. The first kappa shape index (κ1) is 18.0. The van der Waals surface area contributed by atoms with Crippen LogP contribution in [0.2, 0.25) is 5.15 Å². The Morgan fingerprint density at radius 2 is 1.92 bits per heavy atom. The highest BCUT2D eigenvalue weighted by atomic mass is 35.5. The van der Waals surface area contributed by atoms with Gasteiger partial charge in [-0.05, 0) is 50.9 Å². The van der Waals surface area contributed by atoms with Crippen molar-refractivity contribution in [3.63, 3.8) is 0 Å². The summed E-state index contributed by atoms with van der Waals surface area (Å²) in [5.41, 5.74) is 0.541. The van der Waals surface area contributed by atoms with Gasteiger partial charge in [0.15, 0.2) is 5.78 Å². The molecule has 2 saturated heterocycles. The van der Waals surface area contributed by atoms with E-state index in [2.05, 4.69) is 27.0 Å². The van der Waals surface area contributed by atoms with Gasteiger partial charge in [-0.1, -0.05) is 18.5 Å². The zero-order chi connectivity index (χ0) is 16.9. The molecule has 2 aliphatic rings. The first-order chi connectivity index (χ1) is 11.7. The summed E-state index contributed by atoms with van der Waals surface area (Å²) >= 11 is 8.40. The van der Waals surface area contributed by atoms with Gasteiger partial charge in [-0.25, -0.2) is 4.98 Å². The van der Waals surface area contributed by atoms with E-state index < -0.39 is 0 Å². The zero-order valence-corrected chi connectivity index (χ0v) is 15.8. The van der Waals surface area contributed by atoms with Crippen molar-refractivity contribution in [1.82, 2.24) is 10.3 Å². The number of nitrogens with one attached hydrogen (secondary N) is 1. The Morgan fingerprint density at radius 1 is 1.25 bits per heavy atom. The summed E-state index contributed by atoms with van der Waals surface area (Å²) in [5, 5.41) is 5.37. The van der Waals surface area contributed by atoms with Gasteiger partial charge in [0, 0.05) is 30.0 Å². The van der Waals surface area contributed by atoms with E-state index in [4.69, 9.17) is 11.6 Å². The van der Waals surface area contributed by atoms with Gasteiger partial charge in [-0.2, -0.15) is 11.8 Å². The predicted molar refractivity (Wildman–Crippen MR) is 103 cm³/mol. The summed E-state index contributed by atoms with van der Waals surface area (Å²) in [4.78, 5) is 18.6. The Labute approximate surface area is 153 Å². The number of anilines is 1. The number of halogens is 1. The maximum atomic E-state index is 11.8. The molecular formula is C18H26ClN3OS. The maximum absolute atomic E-state index is 11.8. The second-order valence-corrected chi connectivity index (χ2v) is 8.52. The molecule has 0 spiro atoms. The Balaban J connectivity index is 1.54. The van der Waals surface area contributed by atoms with Crippen LogP contribution in [0.1, 0.15) is 49.4 Å². The zero-order valence-electron chi connectivity index (χ0n) is 14.3. The number of carbonyl (C=O) groups excluding carboxylic acids is 1. The molecule has 0 unspecified atom stereocenters. The molecule has 6 heteroatoms. The molecule has 2 aliphatic heterocycles. The fourth-order valence-corrected chi connectivity index (χ4v) is 5.21. The van der Waals surface area contributed by atoms with Crippen LogP contribution in [0.5, 0.6) is 0 Å². The fourth-order valence-electron chi connectivity index (χ4n) is 3.42. The molecule has 0 bridgehead atoms. The summed E-state index contributed by atoms with van der Waals surface area (Å²) in [6.07, 6.45) is 5.46. The highest BCUT2D eigenvalue weighted by molar-refractivity contribution is 8.00. The van der Waals surface area contributed by atoms with Gasteiger partial charge in [0.25, 0.3) is 0 Å². The molecular weight excluding hydrogens is 342 g/mol. The largest absolute Gasteiger partial charge is 0.356 e. The van der Waals surface area contributed by atoms with Crippen LogP contribution in [-0.2, 0) is 0 Å². The number of nitrogens with zero attached hydrogens (tertiary/aromatic N) is 2. The Hall–Kier alpha value is -0.780. The van der Waals surface area contributed by atoms with E-state index in [1.165, 1.54) is 38.8 Å². The molecule has 1 N–H and O–H groups in total. The van der Waals surface area contributed by atoms with Crippen LogP contribution in [0.3, 0.4) is 0 Å². The molecule has 0 radical (unpaired) electrons. The van der Waals surface area contributed by atoms with Crippen molar-refractivity contribution in [2.75, 3.05) is 31.1 Å². The third-order valence-corrected chi connectivity index (χ3v) is 6.89. The van der Waals surface area contributed by atoms with Gasteiger partial charge < -0.3 is 10.2 Å². The van der Waals surface area contributed by atoms with Crippen LogP contribution in [0.25, 0.3) is 0 Å². The van der Waals surface area contributed by atoms with E-state index >= 15 is 0 Å². The average molecular weight is 368 g/mol. The van der Waals surface area contributed by atoms with Gasteiger partial charge in [0.05, 0.1) is 5.56 Å². The minimum absolute atomic E-state index is 0.0520. The molecule has 0 atom stereocenters. The van der Waals surface area contributed by atoms with E-state index in [9.17, 15) is 4.79 Å². The van der Waals surface area contributed by atoms with Crippen molar-refractivity contribution in [2.24, 2.45) is 0 Å². The van der Waals surface area contributed by atoms with Crippen molar-refractivity contribution in [3.8, 4) is 0 Å². The number of hydrogen-bond acceptors (Lipinski definition) is 5. The average Bonchev–Trinajstić information content (AvgIpc) is 2.62. The van der Waals surface area contributed by atoms with Crippen molar-refractivity contribution in [3.05, 3.63) is 22.8 Å². The molecule has 0 saturated carbocycles. The van der Waals surface area contributed by atoms with Crippen LogP contribution in [-0.4, -0.2) is 47.4 Å². The monoisotopic (exact) mass is 367 g/mol. The maximum Gasteiger partial charge on any atom is 0.165 e. The van der Waals surface area contributed by atoms with Crippen LogP contribution < -0.4 is 10.2 Å². The lowest BCUT2D eigenvalue weighted by molar-refractivity contribution is 0.0988. The number of ketones is 1. The van der Waals surface area contributed by atoms with Crippen LogP contribution >= 0.6 is 23.4 Å². The lowest BCUT2D eigenvalue weighted by Gasteiger charge is -2.35. The lowest BCUT2D eigenvalue weighted by Crippen LogP contribution is -2.37. The van der Waals surface area contributed by atoms with E-state index in [-0.39, 0.29) is 5.78 Å². The molecule has 24 heavy (non-hydrogen) atoms. The fraction of sp³-hybridized carbons (Fsp3) is 0.667. The molecule has 3 heterocycles. The minimum Gasteiger partial charge on any atom is -0.356 e. The van der Waals surface area contributed by atoms with Gasteiger partial charge in [-0.3, -0.25) is 4.79 Å². The Bertz CT molecular complexity index is 569. The van der Waals surface area contributed by atoms with E-state index in [1.54, 1.807) is 0 Å². The molecule has 1 aromatic heterocycles. The third-order valence-electron chi connectivity index (χ3n) is 4.89. The lowest BCUT2D eigenvalue weighted by atomic mass is 10.1. The second kappa shape index (κ2) is 8.54. The van der Waals surface area contributed by atoms with Crippen molar-refractivity contribution < 1.29 is 4.79 Å². The van der Waals surface area contributed by atoms with Crippen molar-refractivity contribution in [1.29, 1.82) is 0 Å². The normalized spacial score (nSPS) is 20.3. The van der Waals surface area contributed by atoms with E-state index in [1.807, 2.05) is 19.1 Å². The van der Waals surface area contributed by atoms with Crippen LogP contribution in [0.4, 0.5) is 5.82 Å². The summed E-state index contributed by atoms with van der Waals surface area (Å²) < 4.78 is 0. The first-order valence-corrected chi connectivity index (χ1v) is 10.3. The first-order valence-electron chi connectivity index (χ1n) is 8.98. The summed E-state index contributed by atoms with van der Waals surface area (Å²) in [5.74, 6) is 0.953. The minimum atomic E-state index is 0.0520. The summed E-state index contributed by atoms with van der Waals surface area (Å²) in [6, 6.07) is 3.77. The molecule has 0 aliphatic carbocycles. The van der Waals surface area contributed by atoms with Crippen molar-refractivity contribution >= 4 is 35.0 Å². The summed E-state index contributed by atoms with van der Waals surface area (Å²) in [6.45, 7) is 6.22. The molecule has 0 amide bonds. The smallest absolute Gasteiger partial charge is 0.165 e. The van der Waals surface area contributed by atoms with Crippen LogP contribution in [0.15, 0.2) is 12.1 Å². The highest BCUT2D eigenvalue weighted by Gasteiger charge is 2.25. The predicted octanol–water partition coefficient (Wildman–Crippen LogP) is 3.78. The highest BCUT2D eigenvalue weighted by Crippen LogP contribution is 2.32. The second-order valence-electron chi connectivity index (χ2n) is 6.56. The number of piperidine rings is 2. The van der Waals surface area contributed by atoms with Gasteiger partial charge in [0.1, 0.15) is 11.0 Å². The van der Waals surface area contributed by atoms with E-state index in [0.29, 0.717) is 17.1 Å². The topological polar surface area (TPSA) is 45.2 Å². The molecule has 2 fully saturated rings. The number of hydrogen-bond donors (Lipinski definition) is 1. The molecule has 4 nitrogen and oxygen atoms in total. The number of rotatable bonds is 5. The molecule has 3 rings (SSSR count). The number of thioether (sulfide) groups is 1. The third kappa shape index (κ3) is 4.44. The number of Topliss-reactive ketones (excluding diaryl/α,β-unsaturated/α-hetero) is 1. The SMILES string of the molecule is CCC(=O)c1ccc(N2CCC(SC3CCNCC3)CC2)nc1Cl. The number of carbonyl (C=O) groups is 1. The van der Waals surface area contributed by atoms with Gasteiger partial charge in [0.2, 0.25) is 0 Å². The molecule has 132 valence electrons. The Morgan fingerprint density at radius 3 is 2.54 bits per heavy atom. The Kier molecular flexibility index (Phi) is 6.42. The van der Waals surface area contributed by atoms with E-state index in [0.717, 1.165) is 29.4 Å².